The summed E-state index contributed by atoms with van der Waals surface area (Å²) in [4.78, 5) is 13.6. The van der Waals surface area contributed by atoms with Gasteiger partial charge in [-0.3, -0.25) is 4.79 Å². The lowest BCUT2D eigenvalue weighted by Crippen LogP contribution is -2.51. The lowest BCUT2D eigenvalue weighted by Gasteiger charge is -2.36. The summed E-state index contributed by atoms with van der Waals surface area (Å²) in [5.74, 6) is 0.780. The first-order valence-electron chi connectivity index (χ1n) is 6.28. The highest BCUT2D eigenvalue weighted by Gasteiger charge is 2.33. The molecule has 1 heterocycles. The molecule has 1 aliphatic heterocycles. The number of hydrogen-bond donors (Lipinski definition) is 2. The summed E-state index contributed by atoms with van der Waals surface area (Å²) in [6.45, 7) is 1.44. The molecule has 1 atom stereocenters. The van der Waals surface area contributed by atoms with E-state index >= 15 is 0 Å². The van der Waals surface area contributed by atoms with E-state index in [1.54, 1.807) is 23.7 Å². The third kappa shape index (κ3) is 4.76. The van der Waals surface area contributed by atoms with Crippen LogP contribution in [0.15, 0.2) is 0 Å². The fourth-order valence-corrected chi connectivity index (χ4v) is 2.57. The Labute approximate surface area is 113 Å². The molecule has 5 nitrogen and oxygen atoms in total. The van der Waals surface area contributed by atoms with Crippen LogP contribution in [0, 0.1) is 0 Å². The van der Waals surface area contributed by atoms with Gasteiger partial charge in [0.15, 0.2) is 0 Å². The molecule has 0 bridgehead atoms. The average Bonchev–Trinajstić information content (AvgIpc) is 2.35. The number of likely N-dealkylation sites (N-methyl/N-ethyl adjacent to an activating group) is 1. The fourth-order valence-electron chi connectivity index (χ4n) is 2.08. The molecular formula is C12H24N2O3S. The topological polar surface area (TPSA) is 75.8 Å². The maximum atomic E-state index is 12.0. The lowest BCUT2D eigenvalue weighted by molar-refractivity contribution is -0.138. The fraction of sp³-hybridized carbons (Fsp3) is 0.917. The predicted molar refractivity (Wildman–Crippen MR) is 73.6 cm³/mol. The number of thioether (sulfide) groups is 1. The second kappa shape index (κ2) is 7.33. The smallest absolute Gasteiger partial charge is 0.239 e. The number of nitrogens with zero attached hydrogens (tertiary/aromatic N) is 1. The van der Waals surface area contributed by atoms with Gasteiger partial charge in [-0.25, -0.2) is 0 Å². The van der Waals surface area contributed by atoms with E-state index in [0.717, 1.165) is 5.75 Å². The van der Waals surface area contributed by atoms with Crippen LogP contribution in [0.25, 0.3) is 0 Å². The van der Waals surface area contributed by atoms with Gasteiger partial charge in [-0.05, 0) is 18.4 Å². The van der Waals surface area contributed by atoms with Crippen LogP contribution in [0.4, 0.5) is 0 Å². The van der Waals surface area contributed by atoms with Gasteiger partial charge in [0.1, 0.15) is 0 Å². The van der Waals surface area contributed by atoms with Crippen molar-refractivity contribution in [1.29, 1.82) is 0 Å². The normalized spacial score (nSPS) is 20.4. The first-order chi connectivity index (χ1) is 8.48. The van der Waals surface area contributed by atoms with Crippen molar-refractivity contribution in [3.8, 4) is 0 Å². The molecule has 0 saturated carbocycles. The standard InChI is InChI=1S/C12H24N2O3S/c1-14(11(15)10(13)3-8-18-2)9-12(16)4-6-17-7-5-12/h10,16H,3-9,13H2,1-2H3/t10-/m1/s1. The van der Waals surface area contributed by atoms with E-state index in [1.165, 1.54) is 0 Å². The van der Waals surface area contributed by atoms with Gasteiger partial charge in [-0.2, -0.15) is 11.8 Å². The monoisotopic (exact) mass is 276 g/mol. The molecule has 0 radical (unpaired) electrons. The first kappa shape index (κ1) is 15.8. The first-order valence-corrected chi connectivity index (χ1v) is 7.67. The third-order valence-corrected chi connectivity index (χ3v) is 3.93. The molecule has 0 spiro atoms. The van der Waals surface area contributed by atoms with E-state index < -0.39 is 11.6 Å². The quantitative estimate of drug-likeness (QED) is 0.718. The minimum absolute atomic E-state index is 0.0935. The molecule has 1 amide bonds. The Bertz CT molecular complexity index is 270. The molecular weight excluding hydrogens is 252 g/mol. The number of rotatable bonds is 6. The van der Waals surface area contributed by atoms with E-state index in [4.69, 9.17) is 10.5 Å². The summed E-state index contributed by atoms with van der Waals surface area (Å²) < 4.78 is 5.22. The van der Waals surface area contributed by atoms with Crippen molar-refractivity contribution in [3.05, 3.63) is 0 Å². The van der Waals surface area contributed by atoms with Crippen LogP contribution in [-0.2, 0) is 9.53 Å². The van der Waals surface area contributed by atoms with Crippen molar-refractivity contribution in [1.82, 2.24) is 4.90 Å². The Morgan fingerprint density at radius 2 is 2.17 bits per heavy atom. The highest BCUT2D eigenvalue weighted by molar-refractivity contribution is 7.98. The summed E-state index contributed by atoms with van der Waals surface area (Å²) in [6, 6.07) is -0.467. The number of aliphatic hydroxyl groups is 1. The highest BCUT2D eigenvalue weighted by Crippen LogP contribution is 2.21. The zero-order valence-electron chi connectivity index (χ0n) is 11.2. The van der Waals surface area contributed by atoms with E-state index in [2.05, 4.69) is 0 Å². The van der Waals surface area contributed by atoms with E-state index in [0.29, 0.717) is 39.0 Å². The van der Waals surface area contributed by atoms with E-state index in [-0.39, 0.29) is 5.91 Å². The largest absolute Gasteiger partial charge is 0.388 e. The molecule has 1 aliphatic rings. The van der Waals surface area contributed by atoms with Gasteiger partial charge in [-0.15, -0.1) is 0 Å². The molecule has 0 aliphatic carbocycles. The van der Waals surface area contributed by atoms with E-state index in [1.807, 2.05) is 6.26 Å². The predicted octanol–water partition coefficient (Wildman–Crippen LogP) is 0.0667. The van der Waals surface area contributed by atoms with Gasteiger partial charge in [0, 0.05) is 39.6 Å². The number of ether oxygens (including phenoxy) is 1. The van der Waals surface area contributed by atoms with Gasteiger partial charge in [0.2, 0.25) is 5.91 Å². The zero-order valence-corrected chi connectivity index (χ0v) is 12.0. The molecule has 1 saturated heterocycles. The van der Waals surface area contributed by atoms with E-state index in [9.17, 15) is 9.90 Å². The summed E-state index contributed by atoms with van der Waals surface area (Å²) >= 11 is 1.68. The summed E-state index contributed by atoms with van der Waals surface area (Å²) in [6.07, 6.45) is 3.81. The maximum absolute atomic E-state index is 12.0. The second-order valence-corrected chi connectivity index (χ2v) is 5.90. The van der Waals surface area contributed by atoms with Gasteiger partial charge >= 0.3 is 0 Å². The Kier molecular flexibility index (Phi) is 6.42. The number of nitrogens with two attached hydrogens (primary N) is 1. The molecule has 3 N–H and O–H groups in total. The van der Waals surface area contributed by atoms with Crippen molar-refractivity contribution >= 4 is 17.7 Å². The van der Waals surface area contributed by atoms with Crippen LogP contribution < -0.4 is 5.73 Å². The van der Waals surface area contributed by atoms with Crippen LogP contribution in [0.2, 0.25) is 0 Å². The summed E-state index contributed by atoms with van der Waals surface area (Å²) in [5.41, 5.74) is 5.02. The number of hydrogen-bond acceptors (Lipinski definition) is 5. The van der Waals surface area contributed by atoms with Crippen molar-refractivity contribution in [2.24, 2.45) is 5.73 Å². The van der Waals surface area contributed by atoms with Gasteiger partial charge in [-0.1, -0.05) is 0 Å². The highest BCUT2D eigenvalue weighted by atomic mass is 32.2. The molecule has 1 rings (SSSR count). The van der Waals surface area contributed by atoms with Crippen LogP contribution in [0.3, 0.4) is 0 Å². The Balaban J connectivity index is 2.43. The average molecular weight is 276 g/mol. The summed E-state index contributed by atoms with van der Waals surface area (Å²) in [7, 11) is 1.70. The minimum atomic E-state index is -0.818. The second-order valence-electron chi connectivity index (χ2n) is 4.92. The minimum Gasteiger partial charge on any atom is -0.388 e. The van der Waals surface area contributed by atoms with Crippen LogP contribution in [0.5, 0.6) is 0 Å². The van der Waals surface area contributed by atoms with Crippen molar-refractivity contribution in [2.45, 2.75) is 30.9 Å². The SMILES string of the molecule is CSCC[C@@H](N)C(=O)N(C)CC1(O)CCOCC1. The van der Waals surface area contributed by atoms with Crippen molar-refractivity contribution in [2.75, 3.05) is 38.8 Å². The Hall–Kier alpha value is -0.300. The lowest BCUT2D eigenvalue weighted by atomic mass is 9.93. The molecule has 6 heteroatoms. The number of carbonyl (C=O) groups excluding carboxylic acids is 1. The molecule has 18 heavy (non-hydrogen) atoms. The maximum Gasteiger partial charge on any atom is 0.239 e. The Morgan fingerprint density at radius 3 is 2.72 bits per heavy atom. The van der Waals surface area contributed by atoms with Gasteiger partial charge in [0.25, 0.3) is 0 Å². The molecule has 106 valence electrons. The molecule has 0 aromatic carbocycles. The molecule has 0 unspecified atom stereocenters. The number of carbonyl (C=O) groups is 1. The van der Waals surface area contributed by atoms with Crippen molar-refractivity contribution < 1.29 is 14.6 Å². The molecule has 0 aromatic rings. The molecule has 1 fully saturated rings. The summed E-state index contributed by atoms with van der Waals surface area (Å²) in [5, 5.41) is 10.3. The van der Waals surface area contributed by atoms with Crippen LogP contribution in [0.1, 0.15) is 19.3 Å². The van der Waals surface area contributed by atoms with Crippen LogP contribution >= 0.6 is 11.8 Å². The van der Waals surface area contributed by atoms with Gasteiger partial charge < -0.3 is 20.5 Å². The molecule has 0 aromatic heterocycles. The van der Waals surface area contributed by atoms with Gasteiger partial charge in [0.05, 0.1) is 11.6 Å². The van der Waals surface area contributed by atoms with Crippen LogP contribution in [-0.4, -0.2) is 66.4 Å². The third-order valence-electron chi connectivity index (χ3n) is 3.28. The number of amides is 1. The van der Waals surface area contributed by atoms with Crippen molar-refractivity contribution in [3.63, 3.8) is 0 Å². The Morgan fingerprint density at radius 1 is 1.56 bits per heavy atom. The zero-order chi connectivity index (χ0) is 13.6.